The number of amides is 1. The number of aryl methyl sites for hydroxylation is 2. The number of carbonyl (C=O) groups excluding carboxylic acids is 1. The number of hydrogen-bond acceptors (Lipinski definition) is 4. The third kappa shape index (κ3) is 6.14. The molecule has 0 saturated heterocycles. The van der Waals surface area contributed by atoms with Crippen molar-refractivity contribution < 1.29 is 4.79 Å². The molecule has 5 nitrogen and oxygen atoms in total. The molecule has 0 saturated carbocycles. The summed E-state index contributed by atoms with van der Waals surface area (Å²) in [4.78, 5) is 21.3. The van der Waals surface area contributed by atoms with Crippen LogP contribution in [0.25, 0.3) is 0 Å². The molecule has 26 heavy (non-hydrogen) atoms. The molecule has 0 atom stereocenters. The van der Waals surface area contributed by atoms with Crippen LogP contribution in [0.5, 0.6) is 0 Å². The van der Waals surface area contributed by atoms with E-state index in [9.17, 15) is 4.79 Å². The van der Waals surface area contributed by atoms with E-state index < -0.39 is 0 Å². The smallest absolute Gasteiger partial charge is 0.251 e. The molecule has 2 N–H and O–H groups in total. The summed E-state index contributed by atoms with van der Waals surface area (Å²) in [6.07, 6.45) is 0.898. The molecule has 5 heteroatoms. The van der Waals surface area contributed by atoms with Crippen molar-refractivity contribution in [3.05, 3.63) is 47.3 Å². The van der Waals surface area contributed by atoms with Crippen LogP contribution < -0.4 is 10.6 Å². The first-order valence-electron chi connectivity index (χ1n) is 8.95. The van der Waals surface area contributed by atoms with Gasteiger partial charge in [0, 0.05) is 28.2 Å². The summed E-state index contributed by atoms with van der Waals surface area (Å²) < 4.78 is 0. The fraction of sp³-hybridized carbons (Fsp3) is 0.476. The van der Waals surface area contributed by atoms with E-state index in [-0.39, 0.29) is 16.9 Å². The van der Waals surface area contributed by atoms with Gasteiger partial charge in [0.2, 0.25) is 5.95 Å². The van der Waals surface area contributed by atoms with E-state index in [0.29, 0.717) is 11.5 Å². The van der Waals surface area contributed by atoms with Crippen molar-refractivity contribution >= 4 is 17.5 Å². The van der Waals surface area contributed by atoms with E-state index in [2.05, 4.69) is 55.2 Å². The van der Waals surface area contributed by atoms with Crippen molar-refractivity contribution in [2.24, 2.45) is 5.41 Å². The van der Waals surface area contributed by atoms with Crippen LogP contribution in [0.1, 0.15) is 62.8 Å². The van der Waals surface area contributed by atoms with Crippen LogP contribution in [0.4, 0.5) is 11.6 Å². The first-order valence-corrected chi connectivity index (χ1v) is 8.95. The first kappa shape index (κ1) is 19.9. The van der Waals surface area contributed by atoms with Crippen LogP contribution in [0, 0.1) is 19.3 Å². The lowest BCUT2D eigenvalue weighted by Crippen LogP contribution is -2.45. The lowest BCUT2D eigenvalue weighted by Gasteiger charge is -2.33. The fourth-order valence-corrected chi connectivity index (χ4v) is 3.37. The standard InChI is InChI=1S/C21H30N4O/c1-14-12-15(2)23-19(22-14)24-17-10-8-16(9-11-17)18(26)25-21(6,7)13-20(3,4)5/h8-12H,13H2,1-7H3,(H,25,26)(H,22,23,24). The Morgan fingerprint density at radius 2 is 1.50 bits per heavy atom. The average Bonchev–Trinajstić information content (AvgIpc) is 2.43. The van der Waals surface area contributed by atoms with Gasteiger partial charge in [0.15, 0.2) is 0 Å². The lowest BCUT2D eigenvalue weighted by atomic mass is 9.81. The van der Waals surface area contributed by atoms with E-state index in [0.717, 1.165) is 23.5 Å². The van der Waals surface area contributed by atoms with Crippen molar-refractivity contribution in [2.75, 3.05) is 5.32 Å². The van der Waals surface area contributed by atoms with E-state index in [1.54, 1.807) is 0 Å². The molecule has 1 aromatic heterocycles. The molecule has 0 aliphatic carbocycles. The summed E-state index contributed by atoms with van der Waals surface area (Å²) in [6, 6.07) is 9.29. The second-order valence-corrected chi connectivity index (χ2v) is 8.75. The summed E-state index contributed by atoms with van der Waals surface area (Å²) in [7, 11) is 0. The van der Waals surface area contributed by atoms with Gasteiger partial charge in [-0.1, -0.05) is 20.8 Å². The van der Waals surface area contributed by atoms with E-state index >= 15 is 0 Å². The zero-order valence-electron chi connectivity index (χ0n) is 16.9. The zero-order chi connectivity index (χ0) is 19.5. The van der Waals surface area contributed by atoms with Gasteiger partial charge in [-0.2, -0.15) is 0 Å². The highest BCUT2D eigenvalue weighted by Gasteiger charge is 2.27. The Labute approximate surface area is 156 Å². The molecule has 0 aliphatic rings. The van der Waals surface area contributed by atoms with Gasteiger partial charge in [-0.15, -0.1) is 0 Å². The van der Waals surface area contributed by atoms with Gasteiger partial charge < -0.3 is 10.6 Å². The Bertz CT molecular complexity index is 753. The van der Waals surface area contributed by atoms with Gasteiger partial charge in [0.05, 0.1) is 0 Å². The molecule has 1 aromatic carbocycles. The lowest BCUT2D eigenvalue weighted by molar-refractivity contribution is 0.0891. The van der Waals surface area contributed by atoms with Gasteiger partial charge >= 0.3 is 0 Å². The molecule has 1 amide bonds. The highest BCUT2D eigenvalue weighted by molar-refractivity contribution is 5.95. The van der Waals surface area contributed by atoms with Crippen LogP contribution in [-0.2, 0) is 0 Å². The van der Waals surface area contributed by atoms with Crippen LogP contribution in [0.3, 0.4) is 0 Å². The summed E-state index contributed by atoms with van der Waals surface area (Å²) in [5, 5.41) is 6.31. The molecular formula is C21H30N4O. The Balaban J connectivity index is 2.05. The molecular weight excluding hydrogens is 324 g/mol. The van der Waals surface area contributed by atoms with Crippen molar-refractivity contribution in [1.82, 2.24) is 15.3 Å². The molecule has 2 aromatic rings. The summed E-state index contributed by atoms with van der Waals surface area (Å²) in [5.74, 6) is 0.500. The zero-order valence-corrected chi connectivity index (χ0v) is 16.9. The molecule has 140 valence electrons. The Morgan fingerprint density at radius 3 is 2.00 bits per heavy atom. The summed E-state index contributed by atoms with van der Waals surface area (Å²) >= 11 is 0. The molecule has 0 unspecified atom stereocenters. The topological polar surface area (TPSA) is 66.9 Å². The summed E-state index contributed by atoms with van der Waals surface area (Å²) in [5.41, 5.74) is 3.20. The van der Waals surface area contributed by atoms with Crippen molar-refractivity contribution in [1.29, 1.82) is 0 Å². The molecule has 0 fully saturated rings. The number of carbonyl (C=O) groups is 1. The van der Waals surface area contributed by atoms with Crippen LogP contribution >= 0.6 is 0 Å². The van der Waals surface area contributed by atoms with Gasteiger partial charge in [0.25, 0.3) is 5.91 Å². The summed E-state index contributed by atoms with van der Waals surface area (Å²) in [6.45, 7) is 14.5. The van der Waals surface area contributed by atoms with Crippen molar-refractivity contribution in [3.8, 4) is 0 Å². The Morgan fingerprint density at radius 1 is 0.962 bits per heavy atom. The average molecular weight is 354 g/mol. The van der Waals surface area contributed by atoms with E-state index in [4.69, 9.17) is 0 Å². The van der Waals surface area contributed by atoms with Crippen molar-refractivity contribution in [2.45, 2.75) is 60.4 Å². The second-order valence-electron chi connectivity index (χ2n) is 8.75. The predicted octanol–water partition coefficient (Wildman–Crippen LogP) is 4.78. The van der Waals surface area contributed by atoms with Crippen LogP contribution in [0.2, 0.25) is 0 Å². The Kier molecular flexibility index (Phi) is 5.69. The minimum atomic E-state index is -0.265. The number of hydrogen-bond donors (Lipinski definition) is 2. The predicted molar refractivity (Wildman–Crippen MR) is 107 cm³/mol. The first-order chi connectivity index (χ1) is 11.9. The molecule has 1 heterocycles. The quantitative estimate of drug-likeness (QED) is 0.811. The number of nitrogens with one attached hydrogen (secondary N) is 2. The van der Waals surface area contributed by atoms with Crippen LogP contribution in [0.15, 0.2) is 30.3 Å². The Hall–Kier alpha value is -2.43. The SMILES string of the molecule is Cc1cc(C)nc(Nc2ccc(C(=O)NC(C)(C)CC(C)(C)C)cc2)n1. The molecule has 0 bridgehead atoms. The number of nitrogens with zero attached hydrogens (tertiary/aromatic N) is 2. The van der Waals surface area contributed by atoms with Gasteiger partial charge in [-0.25, -0.2) is 9.97 Å². The second kappa shape index (κ2) is 7.44. The highest BCUT2D eigenvalue weighted by atomic mass is 16.1. The molecule has 2 rings (SSSR count). The van der Waals surface area contributed by atoms with E-state index in [1.807, 2.05) is 44.2 Å². The fourth-order valence-electron chi connectivity index (χ4n) is 3.37. The maximum Gasteiger partial charge on any atom is 0.251 e. The van der Waals surface area contributed by atoms with Gasteiger partial charge in [0.1, 0.15) is 0 Å². The molecule has 0 spiro atoms. The number of aromatic nitrogens is 2. The normalized spacial score (nSPS) is 12.0. The van der Waals surface area contributed by atoms with Crippen LogP contribution in [-0.4, -0.2) is 21.4 Å². The third-order valence-corrected chi connectivity index (χ3v) is 3.81. The van der Waals surface area contributed by atoms with Gasteiger partial charge in [-0.05, 0) is 69.9 Å². The van der Waals surface area contributed by atoms with E-state index in [1.165, 1.54) is 0 Å². The largest absolute Gasteiger partial charge is 0.347 e. The molecule has 0 radical (unpaired) electrons. The minimum absolute atomic E-state index is 0.0616. The van der Waals surface area contributed by atoms with Crippen molar-refractivity contribution in [3.63, 3.8) is 0 Å². The maximum absolute atomic E-state index is 12.5. The minimum Gasteiger partial charge on any atom is -0.347 e. The number of rotatable bonds is 5. The molecule has 0 aliphatic heterocycles. The number of benzene rings is 1. The van der Waals surface area contributed by atoms with Gasteiger partial charge in [-0.3, -0.25) is 4.79 Å². The maximum atomic E-state index is 12.5. The highest BCUT2D eigenvalue weighted by Crippen LogP contribution is 2.27. The number of anilines is 2. The monoisotopic (exact) mass is 354 g/mol. The third-order valence-electron chi connectivity index (χ3n) is 3.81.